The molecular formula is C18H27N3O3. The number of para-hydroxylation sites is 1. The van der Waals surface area contributed by atoms with E-state index in [1.54, 1.807) is 4.90 Å². The first-order chi connectivity index (χ1) is 11.7. The van der Waals surface area contributed by atoms with Gasteiger partial charge in [0.25, 0.3) is 0 Å². The van der Waals surface area contributed by atoms with E-state index in [0.29, 0.717) is 26.1 Å². The Morgan fingerprint density at radius 3 is 2.54 bits per heavy atom. The normalized spacial score (nSPS) is 25.6. The van der Waals surface area contributed by atoms with Gasteiger partial charge in [-0.25, -0.2) is 4.79 Å². The van der Waals surface area contributed by atoms with Gasteiger partial charge >= 0.3 is 6.09 Å². The van der Waals surface area contributed by atoms with Crippen molar-refractivity contribution in [2.45, 2.75) is 25.5 Å². The van der Waals surface area contributed by atoms with Crippen LogP contribution in [-0.4, -0.2) is 79.0 Å². The fourth-order valence-electron chi connectivity index (χ4n) is 3.61. The van der Waals surface area contributed by atoms with E-state index in [1.807, 2.05) is 13.0 Å². The number of amides is 1. The van der Waals surface area contributed by atoms with Crippen molar-refractivity contribution < 1.29 is 14.6 Å². The molecule has 1 aromatic rings. The molecule has 0 radical (unpaired) electrons. The number of carbonyl (C=O) groups is 1. The van der Waals surface area contributed by atoms with Gasteiger partial charge in [-0.2, -0.15) is 0 Å². The number of aliphatic hydroxyl groups excluding tert-OH is 1. The zero-order valence-corrected chi connectivity index (χ0v) is 14.3. The van der Waals surface area contributed by atoms with E-state index in [0.717, 1.165) is 26.2 Å². The number of anilines is 1. The summed E-state index contributed by atoms with van der Waals surface area (Å²) in [5.74, 6) is 0. The van der Waals surface area contributed by atoms with Crippen molar-refractivity contribution in [3.8, 4) is 0 Å². The van der Waals surface area contributed by atoms with Crippen molar-refractivity contribution in [1.82, 2.24) is 9.80 Å². The third kappa shape index (κ3) is 3.82. The van der Waals surface area contributed by atoms with Crippen LogP contribution in [0, 0.1) is 0 Å². The van der Waals surface area contributed by atoms with E-state index in [1.165, 1.54) is 5.69 Å². The first kappa shape index (κ1) is 17.0. The summed E-state index contributed by atoms with van der Waals surface area (Å²) in [6, 6.07) is 10.4. The van der Waals surface area contributed by atoms with E-state index >= 15 is 0 Å². The molecule has 0 aliphatic carbocycles. The van der Waals surface area contributed by atoms with Crippen molar-refractivity contribution in [3.63, 3.8) is 0 Å². The Bertz CT molecular complexity index is 532. The van der Waals surface area contributed by atoms with Crippen molar-refractivity contribution in [2.24, 2.45) is 0 Å². The molecule has 2 heterocycles. The summed E-state index contributed by atoms with van der Waals surface area (Å²) in [4.78, 5) is 18.4. The van der Waals surface area contributed by atoms with Crippen LogP contribution in [0.4, 0.5) is 10.5 Å². The Kier molecular flexibility index (Phi) is 5.58. The van der Waals surface area contributed by atoms with E-state index in [-0.39, 0.29) is 18.2 Å². The van der Waals surface area contributed by atoms with Crippen molar-refractivity contribution >= 4 is 11.8 Å². The number of aliphatic hydroxyl groups is 1. The summed E-state index contributed by atoms with van der Waals surface area (Å²) in [6.45, 7) is 6.99. The smallest absolute Gasteiger partial charge is 0.409 e. The number of nitrogens with zero attached hydrogens (tertiary/aromatic N) is 3. The highest BCUT2D eigenvalue weighted by molar-refractivity contribution is 5.67. The Labute approximate surface area is 143 Å². The number of piperazine rings is 1. The van der Waals surface area contributed by atoms with Crippen molar-refractivity contribution in [3.05, 3.63) is 30.3 Å². The molecule has 6 heteroatoms. The average molecular weight is 333 g/mol. The van der Waals surface area contributed by atoms with Crippen LogP contribution in [0.15, 0.2) is 30.3 Å². The molecule has 2 atom stereocenters. The molecule has 3 rings (SSSR count). The second-order valence-electron chi connectivity index (χ2n) is 6.43. The van der Waals surface area contributed by atoms with Crippen LogP contribution in [0.1, 0.15) is 13.3 Å². The molecular weight excluding hydrogens is 306 g/mol. The van der Waals surface area contributed by atoms with Gasteiger partial charge in [-0.15, -0.1) is 0 Å². The lowest BCUT2D eigenvalue weighted by atomic mass is 10.00. The molecule has 2 aliphatic rings. The van der Waals surface area contributed by atoms with Gasteiger partial charge in [0.1, 0.15) is 0 Å². The molecule has 24 heavy (non-hydrogen) atoms. The highest BCUT2D eigenvalue weighted by atomic mass is 16.6. The lowest BCUT2D eigenvalue weighted by Gasteiger charge is -2.45. The summed E-state index contributed by atoms with van der Waals surface area (Å²) in [6.07, 6.45) is -0.0289. The number of benzene rings is 1. The van der Waals surface area contributed by atoms with E-state index in [9.17, 15) is 9.90 Å². The van der Waals surface area contributed by atoms with Crippen LogP contribution in [0.25, 0.3) is 0 Å². The van der Waals surface area contributed by atoms with Gasteiger partial charge < -0.3 is 19.6 Å². The minimum absolute atomic E-state index is 0.001000. The third-order valence-electron chi connectivity index (χ3n) is 4.98. The molecule has 0 unspecified atom stereocenters. The largest absolute Gasteiger partial charge is 0.450 e. The Hall–Kier alpha value is -1.79. The van der Waals surface area contributed by atoms with Gasteiger partial charge in [-0.1, -0.05) is 18.2 Å². The molecule has 0 aromatic heterocycles. The second kappa shape index (κ2) is 7.85. The Morgan fingerprint density at radius 2 is 1.88 bits per heavy atom. The Balaban J connectivity index is 1.57. The minimum atomic E-state index is -0.376. The maximum Gasteiger partial charge on any atom is 0.409 e. The average Bonchev–Trinajstić information content (AvgIpc) is 2.63. The first-order valence-electron chi connectivity index (χ1n) is 8.83. The first-order valence-corrected chi connectivity index (χ1v) is 8.83. The molecule has 2 aliphatic heterocycles. The minimum Gasteiger partial charge on any atom is -0.450 e. The van der Waals surface area contributed by atoms with E-state index < -0.39 is 0 Å². The summed E-state index contributed by atoms with van der Waals surface area (Å²) in [5.41, 5.74) is 1.24. The number of piperidine rings is 1. The molecule has 1 N–H and O–H groups in total. The van der Waals surface area contributed by atoms with Crippen LogP contribution in [0.2, 0.25) is 0 Å². The molecule has 0 bridgehead atoms. The van der Waals surface area contributed by atoms with Gasteiger partial charge in [0.2, 0.25) is 0 Å². The highest BCUT2D eigenvalue weighted by Crippen LogP contribution is 2.21. The van der Waals surface area contributed by atoms with Gasteiger partial charge in [0.05, 0.1) is 18.8 Å². The number of carbonyl (C=O) groups excluding carboxylic acids is 1. The number of rotatable bonds is 3. The molecule has 6 nitrogen and oxygen atoms in total. The fourth-order valence-corrected chi connectivity index (χ4v) is 3.61. The molecule has 0 spiro atoms. The van der Waals surface area contributed by atoms with Gasteiger partial charge in [-0.05, 0) is 25.5 Å². The van der Waals surface area contributed by atoms with Crippen LogP contribution in [0.3, 0.4) is 0 Å². The van der Waals surface area contributed by atoms with Crippen molar-refractivity contribution in [1.29, 1.82) is 0 Å². The van der Waals surface area contributed by atoms with Gasteiger partial charge in [0, 0.05) is 45.0 Å². The molecule has 1 amide bonds. The summed E-state index contributed by atoms with van der Waals surface area (Å²) < 4.78 is 5.11. The summed E-state index contributed by atoms with van der Waals surface area (Å²) in [5, 5.41) is 10.4. The summed E-state index contributed by atoms with van der Waals surface area (Å²) >= 11 is 0. The van der Waals surface area contributed by atoms with Crippen molar-refractivity contribution in [2.75, 3.05) is 50.8 Å². The lowest BCUT2D eigenvalue weighted by molar-refractivity contribution is -0.0130. The predicted octanol–water partition coefficient (Wildman–Crippen LogP) is 1.40. The number of ether oxygens (including phenoxy) is 1. The topological polar surface area (TPSA) is 56.2 Å². The number of hydrogen-bond acceptors (Lipinski definition) is 5. The number of likely N-dealkylation sites (tertiary alicyclic amines) is 1. The third-order valence-corrected chi connectivity index (χ3v) is 4.98. The molecule has 132 valence electrons. The lowest BCUT2D eigenvalue weighted by Crippen LogP contribution is -2.60. The molecule has 0 saturated carbocycles. The molecule has 2 fully saturated rings. The standard InChI is InChI=1S/C18H27N3O3/c1-2-24-18(23)21-9-8-17(22)16(14-21)20-12-10-19(11-13-20)15-6-4-3-5-7-15/h3-7,16-17,22H,2,8-14H2,1H3/t16-,17-/m1/s1. The summed E-state index contributed by atoms with van der Waals surface area (Å²) in [7, 11) is 0. The SMILES string of the molecule is CCOC(=O)N1CC[C@@H](O)[C@H](N2CCN(c3ccccc3)CC2)C1. The maximum atomic E-state index is 12.0. The maximum absolute atomic E-state index is 12.0. The van der Waals surface area contributed by atoms with Gasteiger partial charge in [-0.3, -0.25) is 4.90 Å². The van der Waals surface area contributed by atoms with Gasteiger partial charge in [0.15, 0.2) is 0 Å². The van der Waals surface area contributed by atoms with E-state index in [2.05, 4.69) is 34.1 Å². The molecule has 1 aromatic carbocycles. The predicted molar refractivity (Wildman–Crippen MR) is 93.2 cm³/mol. The van der Waals surface area contributed by atoms with E-state index in [4.69, 9.17) is 4.74 Å². The van der Waals surface area contributed by atoms with Crippen LogP contribution >= 0.6 is 0 Å². The second-order valence-corrected chi connectivity index (χ2v) is 6.43. The zero-order chi connectivity index (χ0) is 16.9. The quantitative estimate of drug-likeness (QED) is 0.906. The van der Waals surface area contributed by atoms with Crippen LogP contribution < -0.4 is 4.90 Å². The highest BCUT2D eigenvalue weighted by Gasteiger charge is 2.36. The number of hydrogen-bond donors (Lipinski definition) is 1. The zero-order valence-electron chi connectivity index (χ0n) is 14.3. The Morgan fingerprint density at radius 1 is 1.17 bits per heavy atom. The van der Waals surface area contributed by atoms with Crippen LogP contribution in [-0.2, 0) is 4.74 Å². The fraction of sp³-hybridized carbons (Fsp3) is 0.611. The monoisotopic (exact) mass is 333 g/mol. The molecule has 2 saturated heterocycles. The van der Waals surface area contributed by atoms with Crippen LogP contribution in [0.5, 0.6) is 0 Å².